The first-order valence-corrected chi connectivity index (χ1v) is 11.9. The fraction of sp³-hybridized carbons (Fsp3) is 0.667. The quantitative estimate of drug-likeness (QED) is 0.758. The summed E-state index contributed by atoms with van der Waals surface area (Å²) in [7, 11) is 0. The second-order valence-corrected chi connectivity index (χ2v) is 9.27. The SMILES string of the molecule is CCCN1C[C@H](C(=O)N2CCC(c3ccc(C(=O)NC4CCCC4)cn3)CC2)CC1=O. The summed E-state index contributed by atoms with van der Waals surface area (Å²) in [5.74, 6) is 0.312. The zero-order valence-electron chi connectivity index (χ0n) is 18.5. The van der Waals surface area contributed by atoms with Gasteiger partial charge in [-0.3, -0.25) is 19.4 Å². The maximum Gasteiger partial charge on any atom is 0.253 e. The highest BCUT2D eigenvalue weighted by Crippen LogP contribution is 2.29. The molecule has 1 aliphatic carbocycles. The van der Waals surface area contributed by atoms with Gasteiger partial charge in [0.1, 0.15) is 0 Å². The highest BCUT2D eigenvalue weighted by molar-refractivity contribution is 5.94. The number of aromatic nitrogens is 1. The summed E-state index contributed by atoms with van der Waals surface area (Å²) in [6, 6.07) is 4.14. The summed E-state index contributed by atoms with van der Waals surface area (Å²) in [6.45, 7) is 4.76. The zero-order valence-corrected chi connectivity index (χ0v) is 18.5. The molecule has 4 rings (SSSR count). The summed E-state index contributed by atoms with van der Waals surface area (Å²) in [5.41, 5.74) is 1.61. The minimum Gasteiger partial charge on any atom is -0.349 e. The maximum atomic E-state index is 12.9. The molecule has 1 atom stereocenters. The first-order chi connectivity index (χ1) is 15.0. The number of hydrogen-bond acceptors (Lipinski definition) is 4. The number of pyridine rings is 1. The van der Waals surface area contributed by atoms with Gasteiger partial charge in [0.25, 0.3) is 5.91 Å². The van der Waals surface area contributed by atoms with E-state index >= 15 is 0 Å². The molecule has 3 aliphatic rings. The molecule has 1 saturated carbocycles. The largest absolute Gasteiger partial charge is 0.349 e. The number of piperidine rings is 1. The van der Waals surface area contributed by atoms with Gasteiger partial charge in [-0.15, -0.1) is 0 Å². The van der Waals surface area contributed by atoms with Gasteiger partial charge in [0.2, 0.25) is 11.8 Å². The van der Waals surface area contributed by atoms with E-state index in [0.717, 1.165) is 44.3 Å². The molecular formula is C24H34N4O3. The van der Waals surface area contributed by atoms with Crippen molar-refractivity contribution in [3.05, 3.63) is 29.6 Å². The summed E-state index contributed by atoms with van der Waals surface area (Å²) in [4.78, 5) is 45.7. The van der Waals surface area contributed by atoms with E-state index in [1.165, 1.54) is 12.8 Å². The first-order valence-electron chi connectivity index (χ1n) is 11.9. The molecule has 7 heteroatoms. The summed E-state index contributed by atoms with van der Waals surface area (Å²) >= 11 is 0. The summed E-state index contributed by atoms with van der Waals surface area (Å²) < 4.78 is 0. The van der Waals surface area contributed by atoms with Crippen LogP contribution in [0.2, 0.25) is 0 Å². The molecule has 1 aromatic rings. The van der Waals surface area contributed by atoms with Crippen LogP contribution in [0.4, 0.5) is 0 Å². The van der Waals surface area contributed by atoms with E-state index in [1.807, 2.05) is 21.9 Å². The zero-order chi connectivity index (χ0) is 21.8. The van der Waals surface area contributed by atoms with Gasteiger partial charge in [-0.25, -0.2) is 0 Å². The Labute approximate surface area is 184 Å². The van der Waals surface area contributed by atoms with Crippen molar-refractivity contribution < 1.29 is 14.4 Å². The molecule has 0 spiro atoms. The molecule has 7 nitrogen and oxygen atoms in total. The number of carbonyl (C=O) groups is 3. The Morgan fingerprint density at radius 2 is 1.87 bits per heavy atom. The fourth-order valence-corrected chi connectivity index (χ4v) is 5.20. The van der Waals surface area contributed by atoms with Crippen LogP contribution in [0.25, 0.3) is 0 Å². The number of nitrogens with zero attached hydrogens (tertiary/aromatic N) is 3. The fourth-order valence-electron chi connectivity index (χ4n) is 5.20. The van der Waals surface area contributed by atoms with Crippen LogP contribution < -0.4 is 5.32 Å². The van der Waals surface area contributed by atoms with E-state index in [4.69, 9.17) is 0 Å². The Morgan fingerprint density at radius 3 is 2.52 bits per heavy atom. The van der Waals surface area contributed by atoms with E-state index in [0.29, 0.717) is 43.6 Å². The van der Waals surface area contributed by atoms with Crippen molar-refractivity contribution >= 4 is 17.7 Å². The number of rotatable bonds is 6. The topological polar surface area (TPSA) is 82.6 Å². The Hall–Kier alpha value is -2.44. The van der Waals surface area contributed by atoms with Gasteiger partial charge in [0.15, 0.2) is 0 Å². The van der Waals surface area contributed by atoms with Gasteiger partial charge in [0.05, 0.1) is 11.5 Å². The van der Waals surface area contributed by atoms with Crippen LogP contribution in [0, 0.1) is 5.92 Å². The Bertz CT molecular complexity index is 796. The molecule has 0 unspecified atom stereocenters. The lowest BCUT2D eigenvalue weighted by Gasteiger charge is -2.33. The van der Waals surface area contributed by atoms with Crippen molar-refractivity contribution in [3.8, 4) is 0 Å². The van der Waals surface area contributed by atoms with Crippen LogP contribution in [0.3, 0.4) is 0 Å². The second-order valence-electron chi connectivity index (χ2n) is 9.27. The Morgan fingerprint density at radius 1 is 1.13 bits per heavy atom. The molecule has 2 saturated heterocycles. The van der Waals surface area contributed by atoms with Crippen molar-refractivity contribution in [3.63, 3.8) is 0 Å². The smallest absolute Gasteiger partial charge is 0.253 e. The van der Waals surface area contributed by atoms with Crippen molar-refractivity contribution in [2.45, 2.75) is 70.3 Å². The van der Waals surface area contributed by atoms with Gasteiger partial charge in [-0.1, -0.05) is 19.8 Å². The lowest BCUT2D eigenvalue weighted by Crippen LogP contribution is -2.42. The van der Waals surface area contributed by atoms with Crippen LogP contribution in [0.1, 0.15) is 80.3 Å². The predicted octanol–water partition coefficient (Wildman–Crippen LogP) is 2.72. The third-order valence-electron chi connectivity index (χ3n) is 7.02. The molecule has 31 heavy (non-hydrogen) atoms. The van der Waals surface area contributed by atoms with Crippen LogP contribution in [0.15, 0.2) is 18.3 Å². The van der Waals surface area contributed by atoms with Gasteiger partial charge in [-0.05, 0) is 44.2 Å². The average Bonchev–Trinajstić information content (AvgIpc) is 3.43. The first kappa shape index (κ1) is 21.8. The van der Waals surface area contributed by atoms with E-state index < -0.39 is 0 Å². The second kappa shape index (κ2) is 9.79. The standard InChI is InChI=1S/C24H34N4O3/c1-2-11-28-16-19(14-22(28)29)24(31)27-12-9-17(10-13-27)21-8-7-18(15-25-21)23(30)26-20-5-3-4-6-20/h7-8,15,17,19-20H,2-6,9-14,16H2,1H3,(H,26,30)/t19-/m1/s1. The van der Waals surface area contributed by atoms with Gasteiger partial charge < -0.3 is 15.1 Å². The third-order valence-corrected chi connectivity index (χ3v) is 7.02. The molecule has 168 valence electrons. The van der Waals surface area contributed by atoms with Crippen LogP contribution in [-0.2, 0) is 9.59 Å². The van der Waals surface area contributed by atoms with E-state index in [9.17, 15) is 14.4 Å². The predicted molar refractivity (Wildman–Crippen MR) is 117 cm³/mol. The number of likely N-dealkylation sites (tertiary alicyclic amines) is 2. The molecule has 0 bridgehead atoms. The van der Waals surface area contributed by atoms with Crippen molar-refractivity contribution in [1.29, 1.82) is 0 Å². The molecule has 2 aliphatic heterocycles. The average molecular weight is 427 g/mol. The molecule has 3 heterocycles. The van der Waals surface area contributed by atoms with Crippen LogP contribution in [0.5, 0.6) is 0 Å². The normalized spacial score (nSPS) is 22.9. The lowest BCUT2D eigenvalue weighted by molar-refractivity contribution is -0.136. The highest BCUT2D eigenvalue weighted by atomic mass is 16.2. The maximum absolute atomic E-state index is 12.9. The van der Waals surface area contributed by atoms with Crippen molar-refractivity contribution in [1.82, 2.24) is 20.1 Å². The van der Waals surface area contributed by atoms with E-state index in [2.05, 4.69) is 17.2 Å². The van der Waals surface area contributed by atoms with Crippen molar-refractivity contribution in [2.24, 2.45) is 5.92 Å². The number of amides is 3. The molecule has 1 aromatic heterocycles. The molecule has 1 N–H and O–H groups in total. The monoisotopic (exact) mass is 426 g/mol. The molecule has 3 amide bonds. The molecular weight excluding hydrogens is 392 g/mol. The van der Waals surface area contributed by atoms with Crippen molar-refractivity contribution in [2.75, 3.05) is 26.2 Å². The number of hydrogen-bond donors (Lipinski definition) is 1. The molecule has 0 radical (unpaired) electrons. The number of carbonyl (C=O) groups excluding carboxylic acids is 3. The summed E-state index contributed by atoms with van der Waals surface area (Å²) in [6.07, 6.45) is 9.22. The minimum atomic E-state index is -0.189. The van der Waals surface area contributed by atoms with Crippen LogP contribution in [-0.4, -0.2) is 64.7 Å². The summed E-state index contributed by atoms with van der Waals surface area (Å²) in [5, 5.41) is 3.10. The minimum absolute atomic E-state index is 0.0328. The third kappa shape index (κ3) is 5.08. The molecule has 3 fully saturated rings. The molecule has 0 aromatic carbocycles. The van der Waals surface area contributed by atoms with Gasteiger partial charge >= 0.3 is 0 Å². The Kier molecular flexibility index (Phi) is 6.88. The van der Waals surface area contributed by atoms with Gasteiger partial charge in [0, 0.05) is 56.5 Å². The van der Waals surface area contributed by atoms with E-state index in [1.54, 1.807) is 6.20 Å². The number of nitrogens with one attached hydrogen (secondary N) is 1. The van der Waals surface area contributed by atoms with Gasteiger partial charge in [-0.2, -0.15) is 0 Å². The van der Waals surface area contributed by atoms with E-state index in [-0.39, 0.29) is 23.6 Å². The Balaban J connectivity index is 1.27. The lowest BCUT2D eigenvalue weighted by atomic mass is 9.92. The van der Waals surface area contributed by atoms with Crippen LogP contribution >= 0.6 is 0 Å². The highest BCUT2D eigenvalue weighted by Gasteiger charge is 2.37.